The van der Waals surface area contributed by atoms with Crippen LogP contribution in [-0.4, -0.2) is 31.6 Å². The number of carbonyl (C=O) groups excluding carboxylic acids is 1. The first-order chi connectivity index (χ1) is 9.94. The number of sulfone groups is 1. The molecule has 0 aromatic heterocycles. The van der Waals surface area contributed by atoms with Crippen molar-refractivity contribution in [2.45, 2.75) is 23.8 Å². The summed E-state index contributed by atoms with van der Waals surface area (Å²) in [6.45, 7) is 0. The summed E-state index contributed by atoms with van der Waals surface area (Å²) in [5.74, 6) is 0.463. The fourth-order valence-electron chi connectivity index (χ4n) is 2.81. The summed E-state index contributed by atoms with van der Waals surface area (Å²) >= 11 is 7.80. The van der Waals surface area contributed by atoms with E-state index in [-0.39, 0.29) is 23.5 Å². The molecule has 1 fully saturated rings. The van der Waals surface area contributed by atoms with Crippen LogP contribution in [0.1, 0.15) is 24.4 Å². The molecule has 1 saturated heterocycles. The van der Waals surface area contributed by atoms with Crippen LogP contribution in [0.15, 0.2) is 23.1 Å². The maximum absolute atomic E-state index is 12.3. The van der Waals surface area contributed by atoms with Gasteiger partial charge in [0.05, 0.1) is 23.5 Å². The Bertz CT molecular complexity index is 675. The fraction of sp³-hybridized carbons (Fsp3) is 0.500. The predicted octanol–water partition coefficient (Wildman–Crippen LogP) is 2.43. The molecule has 3 rings (SSSR count). The van der Waals surface area contributed by atoms with Crippen molar-refractivity contribution < 1.29 is 13.2 Å². The van der Waals surface area contributed by atoms with Gasteiger partial charge in [0.1, 0.15) is 0 Å². The van der Waals surface area contributed by atoms with E-state index in [0.717, 1.165) is 22.6 Å². The van der Waals surface area contributed by atoms with Gasteiger partial charge in [0.2, 0.25) is 5.91 Å². The lowest BCUT2D eigenvalue weighted by atomic mass is 10.0. The second kappa shape index (κ2) is 5.82. The zero-order valence-electron chi connectivity index (χ0n) is 11.3. The van der Waals surface area contributed by atoms with E-state index in [0.29, 0.717) is 11.4 Å². The molecule has 2 aliphatic heterocycles. The molecule has 0 spiro atoms. The second-order valence-corrected chi connectivity index (χ2v) is 9.28. The van der Waals surface area contributed by atoms with Crippen LogP contribution < -0.4 is 5.32 Å². The van der Waals surface area contributed by atoms with Crippen LogP contribution in [0.25, 0.3) is 0 Å². The average molecular weight is 346 g/mol. The molecule has 0 unspecified atom stereocenters. The Labute approximate surface area is 133 Å². The number of carbonyl (C=O) groups is 1. The van der Waals surface area contributed by atoms with Gasteiger partial charge in [-0.25, -0.2) is 8.42 Å². The lowest BCUT2D eigenvalue weighted by molar-refractivity contribution is -0.125. The van der Waals surface area contributed by atoms with Crippen molar-refractivity contribution in [3.05, 3.63) is 28.8 Å². The molecule has 1 amide bonds. The Kier molecular flexibility index (Phi) is 4.21. The molecular weight excluding hydrogens is 330 g/mol. The zero-order valence-corrected chi connectivity index (χ0v) is 13.7. The minimum Gasteiger partial charge on any atom is -0.349 e. The van der Waals surface area contributed by atoms with Gasteiger partial charge >= 0.3 is 0 Å². The standard InChI is InChI=1S/C14H16ClNO3S2/c15-10-1-2-13-11(7-10)12(3-5-20-13)16-14(17)9-4-6-21(18,19)8-9/h1-2,7,9,12H,3-6,8H2,(H,16,17)/t9-,12+/m1/s1. The third-order valence-corrected chi connectivity index (χ3v) is 7.06. The maximum atomic E-state index is 12.3. The topological polar surface area (TPSA) is 63.2 Å². The number of amides is 1. The van der Waals surface area contributed by atoms with Crippen molar-refractivity contribution >= 4 is 39.1 Å². The monoisotopic (exact) mass is 345 g/mol. The van der Waals surface area contributed by atoms with E-state index in [4.69, 9.17) is 11.6 Å². The predicted molar refractivity (Wildman–Crippen MR) is 84.4 cm³/mol. The largest absolute Gasteiger partial charge is 0.349 e. The van der Waals surface area contributed by atoms with E-state index in [2.05, 4.69) is 5.32 Å². The molecule has 2 aliphatic rings. The normalized spacial score (nSPS) is 27.1. The van der Waals surface area contributed by atoms with Gasteiger partial charge in [0.15, 0.2) is 9.84 Å². The molecule has 21 heavy (non-hydrogen) atoms. The number of thioether (sulfide) groups is 1. The molecule has 2 heterocycles. The Balaban J connectivity index is 1.75. The van der Waals surface area contributed by atoms with Gasteiger partial charge < -0.3 is 5.32 Å². The molecule has 0 radical (unpaired) electrons. The highest BCUT2D eigenvalue weighted by Crippen LogP contribution is 2.37. The van der Waals surface area contributed by atoms with Crippen molar-refractivity contribution in [2.24, 2.45) is 5.92 Å². The molecule has 0 aliphatic carbocycles. The summed E-state index contributed by atoms with van der Waals surface area (Å²) in [5.41, 5.74) is 1.04. The highest BCUT2D eigenvalue weighted by atomic mass is 35.5. The van der Waals surface area contributed by atoms with Crippen molar-refractivity contribution in [1.29, 1.82) is 0 Å². The Morgan fingerprint density at radius 2 is 2.14 bits per heavy atom. The Hall–Kier alpha value is -0.720. The third-order valence-electron chi connectivity index (χ3n) is 3.93. The quantitative estimate of drug-likeness (QED) is 0.894. The van der Waals surface area contributed by atoms with Gasteiger partial charge in [-0.05, 0) is 36.6 Å². The first-order valence-electron chi connectivity index (χ1n) is 6.88. The summed E-state index contributed by atoms with van der Waals surface area (Å²) in [5, 5.41) is 3.66. The molecule has 1 N–H and O–H groups in total. The minimum absolute atomic E-state index is 0.0251. The van der Waals surface area contributed by atoms with Crippen LogP contribution in [0.5, 0.6) is 0 Å². The number of hydrogen-bond donors (Lipinski definition) is 1. The number of halogens is 1. The summed E-state index contributed by atoms with van der Waals surface area (Å²) in [6.07, 6.45) is 1.27. The molecule has 1 aromatic rings. The van der Waals surface area contributed by atoms with Crippen LogP contribution in [0.3, 0.4) is 0 Å². The first-order valence-corrected chi connectivity index (χ1v) is 10.1. The molecule has 1 aromatic carbocycles. The highest BCUT2D eigenvalue weighted by Gasteiger charge is 2.34. The second-order valence-electron chi connectivity index (χ2n) is 5.48. The van der Waals surface area contributed by atoms with E-state index >= 15 is 0 Å². The van der Waals surface area contributed by atoms with Gasteiger partial charge in [-0.1, -0.05) is 11.6 Å². The summed E-state index contributed by atoms with van der Waals surface area (Å²) in [6, 6.07) is 5.64. The van der Waals surface area contributed by atoms with Gasteiger partial charge in [0.25, 0.3) is 0 Å². The molecule has 0 bridgehead atoms. The smallest absolute Gasteiger partial charge is 0.224 e. The lowest BCUT2D eigenvalue weighted by Crippen LogP contribution is -2.35. The van der Waals surface area contributed by atoms with Crippen LogP contribution in [0.2, 0.25) is 5.02 Å². The van der Waals surface area contributed by atoms with Crippen molar-refractivity contribution in [3.8, 4) is 0 Å². The molecule has 4 nitrogen and oxygen atoms in total. The van der Waals surface area contributed by atoms with E-state index in [1.807, 2.05) is 18.2 Å². The number of rotatable bonds is 2. The van der Waals surface area contributed by atoms with Crippen molar-refractivity contribution in [1.82, 2.24) is 5.32 Å². The lowest BCUT2D eigenvalue weighted by Gasteiger charge is -2.27. The summed E-state index contributed by atoms with van der Waals surface area (Å²) in [7, 11) is -3.03. The third kappa shape index (κ3) is 3.38. The number of fused-ring (bicyclic) bond motifs is 1. The summed E-state index contributed by atoms with van der Waals surface area (Å²) in [4.78, 5) is 13.4. The fourth-order valence-corrected chi connectivity index (χ4v) is 5.83. The van der Waals surface area contributed by atoms with Crippen LogP contribution in [-0.2, 0) is 14.6 Å². The average Bonchev–Trinajstić information content (AvgIpc) is 2.80. The van der Waals surface area contributed by atoms with Gasteiger partial charge in [0, 0.05) is 15.7 Å². The SMILES string of the molecule is O=C(N[C@H]1CCSc2ccc(Cl)cc21)[C@@H]1CCS(=O)(=O)C1. The van der Waals surface area contributed by atoms with E-state index < -0.39 is 15.8 Å². The number of hydrogen-bond acceptors (Lipinski definition) is 4. The number of nitrogens with one attached hydrogen (secondary N) is 1. The molecule has 7 heteroatoms. The van der Waals surface area contributed by atoms with Crippen molar-refractivity contribution in [3.63, 3.8) is 0 Å². The molecular formula is C14H16ClNO3S2. The van der Waals surface area contributed by atoms with Crippen LogP contribution in [0.4, 0.5) is 0 Å². The highest BCUT2D eigenvalue weighted by molar-refractivity contribution is 7.99. The Morgan fingerprint density at radius 3 is 2.86 bits per heavy atom. The van der Waals surface area contributed by atoms with Gasteiger partial charge in [-0.3, -0.25) is 4.79 Å². The van der Waals surface area contributed by atoms with Crippen LogP contribution in [0, 0.1) is 5.92 Å². The van der Waals surface area contributed by atoms with Crippen LogP contribution >= 0.6 is 23.4 Å². The molecule has 2 atom stereocenters. The Morgan fingerprint density at radius 1 is 1.33 bits per heavy atom. The first kappa shape index (κ1) is 15.2. The zero-order chi connectivity index (χ0) is 15.0. The molecule has 0 saturated carbocycles. The minimum atomic E-state index is -3.03. The van der Waals surface area contributed by atoms with Gasteiger partial charge in [-0.2, -0.15) is 0 Å². The maximum Gasteiger partial charge on any atom is 0.224 e. The van der Waals surface area contributed by atoms with E-state index in [1.54, 1.807) is 11.8 Å². The van der Waals surface area contributed by atoms with Gasteiger partial charge in [-0.15, -0.1) is 11.8 Å². The number of benzene rings is 1. The molecule has 114 valence electrons. The summed E-state index contributed by atoms with van der Waals surface area (Å²) < 4.78 is 23.0. The van der Waals surface area contributed by atoms with Crippen molar-refractivity contribution in [2.75, 3.05) is 17.3 Å². The van der Waals surface area contributed by atoms with E-state index in [1.165, 1.54) is 0 Å². The van der Waals surface area contributed by atoms with E-state index in [9.17, 15) is 13.2 Å².